The van der Waals surface area contributed by atoms with Gasteiger partial charge in [-0.1, -0.05) is 16.0 Å². The molecule has 3 rings (SSSR count). The third kappa shape index (κ3) is 2.06. The molecule has 0 spiro atoms. The van der Waals surface area contributed by atoms with Gasteiger partial charge in [-0.15, -0.1) is 0 Å². The first-order chi connectivity index (χ1) is 9.49. The van der Waals surface area contributed by atoms with Gasteiger partial charge in [0.15, 0.2) is 10.8 Å². The Balaban J connectivity index is 1.87. The lowest BCUT2D eigenvalue weighted by Gasteiger charge is -2.32. The van der Waals surface area contributed by atoms with Gasteiger partial charge in [-0.05, 0) is 7.05 Å². The summed E-state index contributed by atoms with van der Waals surface area (Å²) < 4.78 is 1.25. The van der Waals surface area contributed by atoms with E-state index in [4.69, 9.17) is 0 Å². The molecule has 1 fully saturated rings. The molecule has 0 saturated carbocycles. The van der Waals surface area contributed by atoms with E-state index in [0.29, 0.717) is 10.6 Å². The van der Waals surface area contributed by atoms with Gasteiger partial charge in [-0.25, -0.2) is 4.98 Å². The normalized spacial score (nSPS) is 20.6. The van der Waals surface area contributed by atoms with Gasteiger partial charge in [-0.3, -0.25) is 9.59 Å². The van der Waals surface area contributed by atoms with E-state index in [1.54, 1.807) is 6.66 Å². The second-order valence-electron chi connectivity index (χ2n) is 5.04. The Morgan fingerprint density at radius 1 is 1.20 bits per heavy atom. The number of hydrogen-bond acceptors (Lipinski definition) is 6. The number of aromatic nitrogens is 1. The fraction of sp³-hybridized carbons (Fsp3) is 0.500. The molecule has 6 nitrogen and oxygen atoms in total. The second-order valence-corrected chi connectivity index (χ2v) is 7.74. The third-order valence-electron chi connectivity index (χ3n) is 3.51. The van der Waals surface area contributed by atoms with Gasteiger partial charge in [0.25, 0.3) is 0 Å². The lowest BCUT2D eigenvalue weighted by atomic mass is 10.3. The Morgan fingerprint density at radius 2 is 1.85 bits per heavy atom. The van der Waals surface area contributed by atoms with Crippen LogP contribution in [-0.4, -0.2) is 72.6 Å². The number of carbonyl (C=O) groups excluding carboxylic acids is 2. The molecule has 0 bridgehead atoms. The Morgan fingerprint density at radius 3 is 2.40 bits per heavy atom. The van der Waals surface area contributed by atoms with Crippen molar-refractivity contribution in [3.05, 3.63) is 10.6 Å². The number of rotatable bonds is 2. The minimum absolute atomic E-state index is 0.230. The van der Waals surface area contributed by atoms with Crippen LogP contribution in [0.2, 0.25) is 0 Å². The van der Waals surface area contributed by atoms with Gasteiger partial charge in [0.1, 0.15) is 11.5 Å². The molecule has 0 N–H and O–H groups in total. The highest BCUT2D eigenvalue weighted by atomic mass is 32.1. The molecule has 106 valence electrons. The first kappa shape index (κ1) is 13.7. The van der Waals surface area contributed by atoms with Crippen LogP contribution in [-0.2, 0) is 0 Å². The summed E-state index contributed by atoms with van der Waals surface area (Å²) in [6.45, 7) is 5.49. The summed E-state index contributed by atoms with van der Waals surface area (Å²) in [5.41, 5.74) is 0.312. The first-order valence-electron chi connectivity index (χ1n) is 6.36. The van der Waals surface area contributed by atoms with Crippen molar-refractivity contribution < 1.29 is 9.59 Å². The maximum Gasteiger partial charge on any atom is 0.319 e. The van der Waals surface area contributed by atoms with Crippen molar-refractivity contribution in [1.29, 1.82) is 0 Å². The second kappa shape index (κ2) is 4.91. The number of thiazole rings is 1. The largest absolute Gasteiger partial charge is 0.345 e. The lowest BCUT2D eigenvalue weighted by molar-refractivity contribution is 0.0772. The minimum atomic E-state index is -1.00. The van der Waals surface area contributed by atoms with Crippen molar-refractivity contribution in [3.8, 4) is 0 Å². The zero-order valence-electron chi connectivity index (χ0n) is 11.5. The van der Waals surface area contributed by atoms with Crippen molar-refractivity contribution in [2.24, 2.45) is 0 Å². The van der Waals surface area contributed by atoms with Gasteiger partial charge in [-0.2, -0.15) is 0 Å². The number of anilines is 1. The molecule has 0 aliphatic carbocycles. The standard InChI is InChI=1S/C12H16N4O2PS/c1-14-4-6-15(7-5-14)12-13-8-9(20-12)11(18)16(10(8)17)19(2)3/h2,4-7H2,1,3H3/q+1. The topological polar surface area (TPSA) is 56.8 Å². The van der Waals surface area contributed by atoms with E-state index in [1.165, 1.54) is 16.0 Å². The summed E-state index contributed by atoms with van der Waals surface area (Å²) in [7, 11) is 1.08. The number of amides is 2. The molecule has 1 aromatic heterocycles. The smallest absolute Gasteiger partial charge is 0.319 e. The third-order valence-corrected chi connectivity index (χ3v) is 5.66. The zero-order valence-corrected chi connectivity index (χ0v) is 13.2. The van der Waals surface area contributed by atoms with Gasteiger partial charge in [0.2, 0.25) is 7.70 Å². The Kier molecular flexibility index (Phi) is 3.36. The van der Waals surface area contributed by atoms with E-state index in [1.807, 2.05) is 0 Å². The number of fused-ring (bicyclic) bond motifs is 1. The molecule has 1 saturated heterocycles. The number of hydrogen-bond donors (Lipinski definition) is 0. The maximum atomic E-state index is 12.2. The Hall–Kier alpha value is -1.30. The van der Waals surface area contributed by atoms with E-state index >= 15 is 0 Å². The molecular formula is C12H16N4O2PS+. The summed E-state index contributed by atoms with van der Waals surface area (Å²) in [4.78, 5) is 33.7. The van der Waals surface area contributed by atoms with Crippen molar-refractivity contribution in [1.82, 2.24) is 14.6 Å². The van der Waals surface area contributed by atoms with Gasteiger partial charge < -0.3 is 9.80 Å². The van der Waals surface area contributed by atoms with Gasteiger partial charge in [0, 0.05) is 26.2 Å². The molecule has 1 unspecified atom stereocenters. The molecule has 2 amide bonds. The highest BCUT2D eigenvalue weighted by Gasteiger charge is 2.46. The van der Waals surface area contributed by atoms with Crippen molar-refractivity contribution >= 4 is 42.3 Å². The predicted molar refractivity (Wildman–Crippen MR) is 82.3 cm³/mol. The van der Waals surface area contributed by atoms with Gasteiger partial charge >= 0.3 is 11.8 Å². The monoisotopic (exact) mass is 311 g/mol. The number of imide groups is 1. The van der Waals surface area contributed by atoms with E-state index in [-0.39, 0.29) is 11.8 Å². The average molecular weight is 311 g/mol. The number of likely N-dealkylation sites (N-methyl/N-ethyl adjacent to an activating group) is 1. The van der Waals surface area contributed by atoms with Gasteiger partial charge in [0.05, 0.1) is 6.30 Å². The molecule has 0 radical (unpaired) electrons. The molecule has 3 heterocycles. The van der Waals surface area contributed by atoms with Crippen LogP contribution in [0.5, 0.6) is 0 Å². The highest BCUT2D eigenvalue weighted by molar-refractivity contribution is 7.54. The predicted octanol–water partition coefficient (Wildman–Crippen LogP) is 0.950. The maximum absolute atomic E-state index is 12.2. The quantitative estimate of drug-likeness (QED) is 0.601. The minimum Gasteiger partial charge on any atom is -0.345 e. The van der Waals surface area contributed by atoms with E-state index in [9.17, 15) is 9.59 Å². The SMILES string of the molecule is C=[P+](C)N1C(=O)c2nc(N3CCN(C)CC3)sc2C1=O. The lowest BCUT2D eigenvalue weighted by Crippen LogP contribution is -2.44. The molecule has 20 heavy (non-hydrogen) atoms. The summed E-state index contributed by atoms with van der Waals surface area (Å²) in [5, 5.41) is 0.786. The van der Waals surface area contributed by atoms with Crippen LogP contribution < -0.4 is 4.90 Å². The van der Waals surface area contributed by atoms with E-state index < -0.39 is 7.70 Å². The molecule has 2 aliphatic heterocycles. The summed E-state index contributed by atoms with van der Waals surface area (Å²) in [6, 6.07) is 0. The molecule has 0 aromatic carbocycles. The average Bonchev–Trinajstić information content (AvgIpc) is 2.92. The fourth-order valence-electron chi connectivity index (χ4n) is 2.33. The van der Waals surface area contributed by atoms with Crippen molar-refractivity contribution in [2.45, 2.75) is 0 Å². The van der Waals surface area contributed by atoms with Crippen LogP contribution in [0.1, 0.15) is 20.2 Å². The molecule has 1 atom stereocenters. The summed E-state index contributed by atoms with van der Waals surface area (Å²) in [6.07, 6.45) is 3.81. The summed E-state index contributed by atoms with van der Waals surface area (Å²) >= 11 is 1.33. The Labute approximate surface area is 122 Å². The molecule has 1 aromatic rings. The number of nitrogens with zero attached hydrogens (tertiary/aromatic N) is 4. The molecule has 2 aliphatic rings. The highest BCUT2D eigenvalue weighted by Crippen LogP contribution is 2.38. The zero-order chi connectivity index (χ0) is 14.4. The fourth-order valence-corrected chi connectivity index (χ4v) is 4.25. The van der Waals surface area contributed by atoms with E-state index in [0.717, 1.165) is 31.3 Å². The van der Waals surface area contributed by atoms with E-state index in [2.05, 4.69) is 28.1 Å². The molecular weight excluding hydrogens is 295 g/mol. The first-order valence-corrected chi connectivity index (χ1v) is 9.10. The van der Waals surface area contributed by atoms with Crippen LogP contribution in [0, 0.1) is 0 Å². The molecule has 8 heteroatoms. The van der Waals surface area contributed by atoms with Crippen molar-refractivity contribution in [2.75, 3.05) is 44.8 Å². The van der Waals surface area contributed by atoms with Crippen LogP contribution in [0.25, 0.3) is 0 Å². The van der Waals surface area contributed by atoms with Crippen LogP contribution >= 0.6 is 19.0 Å². The number of carbonyl (C=O) groups is 2. The van der Waals surface area contributed by atoms with Crippen molar-refractivity contribution in [3.63, 3.8) is 0 Å². The van der Waals surface area contributed by atoms with Crippen LogP contribution in [0.3, 0.4) is 0 Å². The Bertz CT molecular complexity index is 573. The van der Waals surface area contributed by atoms with Crippen LogP contribution in [0.15, 0.2) is 0 Å². The number of piperazine rings is 1. The van der Waals surface area contributed by atoms with Crippen LogP contribution in [0.4, 0.5) is 5.13 Å². The summed E-state index contributed by atoms with van der Waals surface area (Å²) in [5.74, 6) is -0.517.